The quantitative estimate of drug-likeness (QED) is 0.565. The molecule has 6 nitrogen and oxygen atoms in total. The average molecular weight is 525 g/mol. The van der Waals surface area contributed by atoms with Crippen molar-refractivity contribution in [2.45, 2.75) is 11.9 Å². The SMILES string of the molecule is COc1ccc(Br)c(C2N=c3ccccc3=C3C(=O)NC(SCc4ccccc4F)=NN32)c1. The highest BCUT2D eigenvalue weighted by Crippen LogP contribution is 2.36. The van der Waals surface area contributed by atoms with E-state index in [1.165, 1.54) is 17.8 Å². The number of carbonyl (C=O) groups excluding carboxylic acids is 1. The minimum Gasteiger partial charge on any atom is -0.497 e. The molecule has 1 amide bonds. The number of fused-ring (bicyclic) bond motifs is 2. The number of nitrogens with zero attached hydrogens (tertiary/aromatic N) is 3. The van der Waals surface area contributed by atoms with Crippen molar-refractivity contribution in [2.24, 2.45) is 10.1 Å². The topological polar surface area (TPSA) is 66.3 Å². The van der Waals surface area contributed by atoms with Gasteiger partial charge in [-0.2, -0.15) is 0 Å². The maximum atomic E-state index is 14.1. The summed E-state index contributed by atoms with van der Waals surface area (Å²) in [5.74, 6) is 0.423. The Morgan fingerprint density at radius 2 is 1.94 bits per heavy atom. The van der Waals surface area contributed by atoms with Crippen molar-refractivity contribution in [3.63, 3.8) is 0 Å². The van der Waals surface area contributed by atoms with E-state index in [2.05, 4.69) is 21.2 Å². The third-order valence-electron chi connectivity index (χ3n) is 5.32. The lowest BCUT2D eigenvalue weighted by molar-refractivity contribution is -0.116. The standard InChI is InChI=1S/C24H18BrFN4O2S/c1-32-15-10-11-18(25)17(12-15)22-27-20-9-5-3-7-16(20)21-23(31)28-24(29-30(21)22)33-13-14-6-2-4-8-19(14)26/h2-12,22H,13H2,1H3,(H,28,29,31). The monoisotopic (exact) mass is 524 g/mol. The lowest BCUT2D eigenvalue weighted by atomic mass is 10.1. The van der Waals surface area contributed by atoms with E-state index in [9.17, 15) is 9.18 Å². The molecule has 33 heavy (non-hydrogen) atoms. The van der Waals surface area contributed by atoms with Gasteiger partial charge in [-0.1, -0.05) is 64.1 Å². The second-order valence-electron chi connectivity index (χ2n) is 7.34. The molecule has 1 N–H and O–H groups in total. The van der Waals surface area contributed by atoms with Crippen molar-refractivity contribution < 1.29 is 13.9 Å². The molecule has 0 aliphatic carbocycles. The number of rotatable bonds is 4. The van der Waals surface area contributed by atoms with Gasteiger partial charge in [0, 0.05) is 21.0 Å². The maximum absolute atomic E-state index is 14.1. The largest absolute Gasteiger partial charge is 0.497 e. The molecule has 3 aromatic carbocycles. The van der Waals surface area contributed by atoms with Gasteiger partial charge < -0.3 is 4.74 Å². The van der Waals surface area contributed by atoms with Gasteiger partial charge in [0.05, 0.1) is 12.5 Å². The first-order valence-corrected chi connectivity index (χ1v) is 11.9. The van der Waals surface area contributed by atoms with Crippen molar-refractivity contribution in [1.82, 2.24) is 10.3 Å². The Hall–Kier alpha value is -3.17. The number of amides is 1. The molecule has 5 rings (SSSR count). The number of hydrazone groups is 1. The number of para-hydroxylation sites is 1. The van der Waals surface area contributed by atoms with Crippen molar-refractivity contribution in [2.75, 3.05) is 7.11 Å². The van der Waals surface area contributed by atoms with Crippen LogP contribution in [0.5, 0.6) is 5.75 Å². The summed E-state index contributed by atoms with van der Waals surface area (Å²) >= 11 is 4.86. The van der Waals surface area contributed by atoms with Gasteiger partial charge in [-0.05, 0) is 35.9 Å². The van der Waals surface area contributed by atoms with Gasteiger partial charge in [-0.15, -0.1) is 5.10 Å². The summed E-state index contributed by atoms with van der Waals surface area (Å²) in [6.07, 6.45) is -0.588. The lowest BCUT2D eigenvalue weighted by Gasteiger charge is -2.34. The van der Waals surface area contributed by atoms with Gasteiger partial charge in [-0.3, -0.25) is 15.1 Å². The molecule has 0 aromatic heterocycles. The van der Waals surface area contributed by atoms with Gasteiger partial charge in [-0.25, -0.2) is 9.40 Å². The normalized spacial score (nSPS) is 16.9. The summed E-state index contributed by atoms with van der Waals surface area (Å²) in [5.41, 5.74) is 1.75. The first-order valence-electron chi connectivity index (χ1n) is 10.1. The molecule has 0 saturated carbocycles. The summed E-state index contributed by atoms with van der Waals surface area (Å²) in [6.45, 7) is 0. The molecular weight excluding hydrogens is 507 g/mol. The number of methoxy groups -OCH3 is 1. The van der Waals surface area contributed by atoms with Crippen LogP contribution in [0.25, 0.3) is 5.70 Å². The molecule has 3 aromatic rings. The second-order valence-corrected chi connectivity index (χ2v) is 9.16. The number of hydrogen-bond acceptors (Lipinski definition) is 6. The number of halogens is 2. The number of hydrogen-bond donors (Lipinski definition) is 1. The van der Waals surface area contributed by atoms with E-state index < -0.39 is 6.17 Å². The van der Waals surface area contributed by atoms with E-state index in [1.54, 1.807) is 30.3 Å². The zero-order valence-corrected chi connectivity index (χ0v) is 19.9. The summed E-state index contributed by atoms with van der Waals surface area (Å²) < 4.78 is 20.3. The fourth-order valence-corrected chi connectivity index (χ4v) is 4.99. The third-order valence-corrected chi connectivity index (χ3v) is 6.95. The van der Waals surface area contributed by atoms with Crippen LogP contribution in [0.15, 0.2) is 81.3 Å². The first-order chi connectivity index (χ1) is 16.0. The van der Waals surface area contributed by atoms with E-state index in [0.29, 0.717) is 38.5 Å². The Morgan fingerprint density at radius 3 is 2.76 bits per heavy atom. The van der Waals surface area contributed by atoms with E-state index >= 15 is 0 Å². The molecule has 0 fully saturated rings. The van der Waals surface area contributed by atoms with Crippen LogP contribution in [0.4, 0.5) is 4.39 Å². The average Bonchev–Trinajstić information content (AvgIpc) is 2.83. The number of amidine groups is 1. The van der Waals surface area contributed by atoms with Crippen LogP contribution in [0, 0.1) is 5.82 Å². The van der Waals surface area contributed by atoms with E-state index in [-0.39, 0.29) is 11.7 Å². The van der Waals surface area contributed by atoms with Crippen LogP contribution in [0.2, 0.25) is 0 Å². The Kier molecular flexibility index (Phi) is 5.90. The fourth-order valence-electron chi connectivity index (χ4n) is 3.70. The number of ether oxygens (including phenoxy) is 1. The molecule has 2 aliphatic heterocycles. The first kappa shape index (κ1) is 21.7. The van der Waals surface area contributed by atoms with Crippen LogP contribution < -0.4 is 20.6 Å². The Morgan fingerprint density at radius 1 is 1.15 bits per heavy atom. The lowest BCUT2D eigenvalue weighted by Crippen LogP contribution is -2.50. The zero-order valence-electron chi connectivity index (χ0n) is 17.5. The van der Waals surface area contributed by atoms with E-state index in [4.69, 9.17) is 14.8 Å². The molecule has 2 aliphatic rings. The molecule has 1 unspecified atom stereocenters. The van der Waals surface area contributed by atoms with E-state index in [1.807, 2.05) is 42.5 Å². The van der Waals surface area contributed by atoms with Gasteiger partial charge in [0.25, 0.3) is 5.91 Å². The second kappa shape index (κ2) is 8.99. The molecule has 0 bridgehead atoms. The number of carbonyl (C=O) groups is 1. The van der Waals surface area contributed by atoms with Gasteiger partial charge >= 0.3 is 0 Å². The van der Waals surface area contributed by atoms with Crippen LogP contribution in [0.3, 0.4) is 0 Å². The maximum Gasteiger partial charge on any atom is 0.276 e. The molecule has 0 radical (unpaired) electrons. The Balaban J connectivity index is 1.60. The summed E-state index contributed by atoms with van der Waals surface area (Å²) in [5, 5.41) is 11.0. The van der Waals surface area contributed by atoms with Gasteiger partial charge in [0.1, 0.15) is 17.3 Å². The van der Waals surface area contributed by atoms with Crippen LogP contribution in [-0.2, 0) is 10.5 Å². The molecule has 2 heterocycles. The van der Waals surface area contributed by atoms with Crippen LogP contribution >= 0.6 is 27.7 Å². The van der Waals surface area contributed by atoms with Crippen molar-refractivity contribution in [3.8, 4) is 5.75 Å². The molecular formula is C24H18BrFN4O2S. The smallest absolute Gasteiger partial charge is 0.276 e. The van der Waals surface area contributed by atoms with Crippen molar-refractivity contribution >= 4 is 44.5 Å². The Bertz CT molecular complexity index is 1410. The van der Waals surface area contributed by atoms with E-state index in [0.717, 1.165) is 10.0 Å². The predicted molar refractivity (Wildman–Crippen MR) is 129 cm³/mol. The third kappa shape index (κ3) is 4.14. The highest BCUT2D eigenvalue weighted by atomic mass is 79.9. The zero-order chi connectivity index (χ0) is 22.9. The molecule has 0 saturated heterocycles. The molecule has 166 valence electrons. The van der Waals surface area contributed by atoms with Crippen molar-refractivity contribution in [3.05, 3.63) is 98.7 Å². The number of benzene rings is 3. The summed E-state index contributed by atoms with van der Waals surface area (Å²) in [4.78, 5) is 18.1. The number of nitrogens with one attached hydrogen (secondary N) is 1. The summed E-state index contributed by atoms with van der Waals surface area (Å²) in [6, 6.07) is 19.6. The molecule has 1 atom stereocenters. The molecule has 9 heteroatoms. The molecule has 0 spiro atoms. The highest BCUT2D eigenvalue weighted by Gasteiger charge is 2.35. The highest BCUT2D eigenvalue weighted by molar-refractivity contribution is 9.10. The van der Waals surface area contributed by atoms with Gasteiger partial charge in [0.15, 0.2) is 11.3 Å². The van der Waals surface area contributed by atoms with Crippen LogP contribution in [0.1, 0.15) is 17.3 Å². The van der Waals surface area contributed by atoms with Gasteiger partial charge in [0.2, 0.25) is 0 Å². The fraction of sp³-hybridized carbons (Fsp3) is 0.125. The Labute approximate surface area is 202 Å². The predicted octanol–water partition coefficient (Wildman–Crippen LogP) is 3.67. The minimum atomic E-state index is -0.588. The summed E-state index contributed by atoms with van der Waals surface area (Å²) in [7, 11) is 1.60. The van der Waals surface area contributed by atoms with Crippen molar-refractivity contribution in [1.29, 1.82) is 0 Å². The van der Waals surface area contributed by atoms with Crippen LogP contribution in [-0.4, -0.2) is 23.2 Å². The minimum absolute atomic E-state index is 0.285. The number of thioether (sulfide) groups is 1.